The molecule has 1 atom stereocenters. The lowest BCUT2D eigenvalue weighted by atomic mass is 9.88. The first kappa shape index (κ1) is 21.5. The number of nitrogens with zero attached hydrogens (tertiary/aromatic N) is 1. The van der Waals surface area contributed by atoms with E-state index in [2.05, 4.69) is 5.32 Å². The Morgan fingerprint density at radius 2 is 1.42 bits per heavy atom. The van der Waals surface area contributed by atoms with Gasteiger partial charge in [-0.05, 0) is 18.8 Å². The van der Waals surface area contributed by atoms with E-state index in [0.29, 0.717) is 26.2 Å². The molecule has 1 aliphatic carbocycles. The van der Waals surface area contributed by atoms with E-state index in [1.54, 1.807) is 0 Å². The van der Waals surface area contributed by atoms with Crippen LogP contribution in [-0.4, -0.2) is 31.1 Å². The Balaban J connectivity index is 0.00000144. The topological polar surface area (TPSA) is 15.3 Å². The third kappa shape index (κ3) is 4.15. The van der Waals surface area contributed by atoms with Crippen molar-refractivity contribution in [1.29, 1.82) is 0 Å². The maximum absolute atomic E-state index is 14.3. The van der Waals surface area contributed by atoms with E-state index in [0.717, 1.165) is 25.7 Å². The van der Waals surface area contributed by atoms with Crippen LogP contribution in [0.2, 0.25) is 0 Å². The highest BCUT2D eigenvalue weighted by molar-refractivity contribution is 5.85. The predicted molar refractivity (Wildman–Crippen MR) is 89.9 cm³/mol. The monoisotopic (exact) mass is 388 g/mol. The summed E-state index contributed by atoms with van der Waals surface area (Å²) in [6, 6.07) is -0.299. The van der Waals surface area contributed by atoms with Crippen LogP contribution in [0, 0.1) is 29.2 Å². The van der Waals surface area contributed by atoms with Crippen LogP contribution in [0.5, 0.6) is 0 Å². The molecule has 1 N–H and O–H groups in total. The van der Waals surface area contributed by atoms with Crippen LogP contribution in [-0.2, 0) is 0 Å². The highest BCUT2D eigenvalue weighted by Gasteiger charge is 2.37. The molecule has 138 valence electrons. The molecule has 1 heterocycles. The lowest BCUT2D eigenvalue weighted by Gasteiger charge is -2.38. The van der Waals surface area contributed by atoms with Crippen molar-refractivity contribution in [1.82, 2.24) is 10.2 Å². The largest absolute Gasteiger partial charge is 0.314 e. The predicted octanol–water partition coefficient (Wildman–Crippen LogP) is 4.22. The van der Waals surface area contributed by atoms with Crippen molar-refractivity contribution in [2.45, 2.75) is 31.7 Å². The molecular weight excluding hydrogens is 367 g/mol. The van der Waals surface area contributed by atoms with Gasteiger partial charge in [0.05, 0.1) is 0 Å². The molecule has 0 radical (unpaired) electrons. The van der Waals surface area contributed by atoms with Crippen molar-refractivity contribution in [3.05, 3.63) is 34.9 Å². The summed E-state index contributed by atoms with van der Waals surface area (Å²) < 4.78 is 55.8. The zero-order valence-corrected chi connectivity index (χ0v) is 14.8. The van der Waals surface area contributed by atoms with Gasteiger partial charge in [0, 0.05) is 43.9 Å². The number of nitrogens with one attached hydrogen (secondary N) is 1. The van der Waals surface area contributed by atoms with Gasteiger partial charge in [-0.2, -0.15) is 0 Å². The first-order valence-corrected chi connectivity index (χ1v) is 7.87. The molecule has 1 aliphatic heterocycles. The molecule has 1 aromatic rings. The molecule has 0 amide bonds. The van der Waals surface area contributed by atoms with E-state index in [4.69, 9.17) is 0 Å². The fourth-order valence-corrected chi connectivity index (χ4v) is 3.80. The van der Waals surface area contributed by atoms with Crippen molar-refractivity contribution in [3.8, 4) is 0 Å². The summed E-state index contributed by atoms with van der Waals surface area (Å²) in [6.07, 6.45) is 3.67. The van der Waals surface area contributed by atoms with Crippen molar-refractivity contribution in [2.75, 3.05) is 26.2 Å². The Morgan fingerprint density at radius 3 is 1.92 bits per heavy atom. The summed E-state index contributed by atoms with van der Waals surface area (Å²) in [5.74, 6) is -5.06. The molecular formula is C16H22Cl2F4N2. The first-order valence-electron chi connectivity index (χ1n) is 7.87. The summed E-state index contributed by atoms with van der Waals surface area (Å²) in [7, 11) is 0. The van der Waals surface area contributed by atoms with Crippen molar-refractivity contribution >= 4 is 24.8 Å². The van der Waals surface area contributed by atoms with Crippen LogP contribution >= 0.6 is 24.8 Å². The van der Waals surface area contributed by atoms with Gasteiger partial charge < -0.3 is 5.32 Å². The molecule has 0 bridgehead atoms. The molecule has 8 heteroatoms. The second-order valence-corrected chi connectivity index (χ2v) is 6.16. The molecule has 1 saturated carbocycles. The molecule has 1 aromatic carbocycles. The maximum Gasteiger partial charge on any atom is 0.166 e. The van der Waals surface area contributed by atoms with Gasteiger partial charge in [-0.25, -0.2) is 17.6 Å². The Kier molecular flexibility index (Phi) is 8.26. The number of halogens is 6. The number of rotatable bonds is 3. The van der Waals surface area contributed by atoms with Gasteiger partial charge in [-0.3, -0.25) is 4.90 Å². The van der Waals surface area contributed by atoms with Gasteiger partial charge in [0.1, 0.15) is 0 Å². The zero-order chi connectivity index (χ0) is 15.7. The zero-order valence-electron chi connectivity index (χ0n) is 13.2. The third-order valence-corrected chi connectivity index (χ3v) is 4.83. The fourth-order valence-electron chi connectivity index (χ4n) is 3.80. The Hall–Kier alpha value is -0.560. The van der Waals surface area contributed by atoms with Crippen LogP contribution in [0.15, 0.2) is 6.07 Å². The Bertz CT molecular complexity index is 521. The lowest BCUT2D eigenvalue weighted by Crippen LogP contribution is -2.47. The smallest absolute Gasteiger partial charge is 0.166 e. The number of benzene rings is 1. The maximum atomic E-state index is 14.3. The van der Waals surface area contributed by atoms with E-state index in [1.165, 1.54) is 0 Å². The lowest BCUT2D eigenvalue weighted by molar-refractivity contribution is 0.117. The average Bonchev–Trinajstić information content (AvgIpc) is 3.04. The molecule has 2 aliphatic rings. The highest BCUT2D eigenvalue weighted by atomic mass is 35.5. The molecule has 24 heavy (non-hydrogen) atoms. The summed E-state index contributed by atoms with van der Waals surface area (Å²) in [5, 5.41) is 3.19. The molecule has 0 aromatic heterocycles. The summed E-state index contributed by atoms with van der Waals surface area (Å²) in [4.78, 5) is 1.97. The molecule has 0 unspecified atom stereocenters. The van der Waals surface area contributed by atoms with Gasteiger partial charge >= 0.3 is 0 Å². The van der Waals surface area contributed by atoms with E-state index in [-0.39, 0.29) is 36.8 Å². The van der Waals surface area contributed by atoms with Gasteiger partial charge in [0.25, 0.3) is 0 Å². The van der Waals surface area contributed by atoms with E-state index < -0.39 is 34.9 Å². The summed E-state index contributed by atoms with van der Waals surface area (Å²) in [6.45, 7) is 2.67. The summed E-state index contributed by atoms with van der Waals surface area (Å²) >= 11 is 0. The fraction of sp³-hybridized carbons (Fsp3) is 0.625. The van der Waals surface area contributed by atoms with Gasteiger partial charge in [-0.15, -0.1) is 24.8 Å². The number of hydrogen-bond donors (Lipinski definition) is 1. The van der Waals surface area contributed by atoms with Gasteiger partial charge in [0.15, 0.2) is 23.3 Å². The average molecular weight is 389 g/mol. The highest BCUT2D eigenvalue weighted by Crippen LogP contribution is 2.42. The molecule has 2 fully saturated rings. The van der Waals surface area contributed by atoms with Crippen molar-refractivity contribution in [2.24, 2.45) is 5.92 Å². The van der Waals surface area contributed by atoms with Crippen LogP contribution in [0.3, 0.4) is 0 Å². The molecule has 3 rings (SSSR count). The van der Waals surface area contributed by atoms with Crippen LogP contribution in [0.25, 0.3) is 0 Å². The van der Waals surface area contributed by atoms with Crippen molar-refractivity contribution < 1.29 is 17.6 Å². The number of hydrogen-bond acceptors (Lipinski definition) is 2. The molecule has 2 nitrogen and oxygen atoms in total. The van der Waals surface area contributed by atoms with Crippen molar-refractivity contribution in [3.63, 3.8) is 0 Å². The second kappa shape index (κ2) is 9.22. The second-order valence-electron chi connectivity index (χ2n) is 6.16. The Labute approximate surface area is 151 Å². The quantitative estimate of drug-likeness (QED) is 0.615. The van der Waals surface area contributed by atoms with Gasteiger partial charge in [0.2, 0.25) is 0 Å². The molecule has 0 spiro atoms. The minimum atomic E-state index is -1.31. The SMILES string of the molecule is Cl.Cl.Fc1cc(F)c(F)c([C@H](C2CCCC2)N2CCNCC2)c1F. The third-order valence-electron chi connectivity index (χ3n) is 4.83. The van der Waals surface area contributed by atoms with Crippen LogP contribution in [0.1, 0.15) is 37.3 Å². The first-order chi connectivity index (χ1) is 10.6. The Morgan fingerprint density at radius 1 is 0.917 bits per heavy atom. The van der Waals surface area contributed by atoms with Gasteiger partial charge in [-0.1, -0.05) is 12.8 Å². The van der Waals surface area contributed by atoms with Crippen LogP contribution in [0.4, 0.5) is 17.6 Å². The number of piperazine rings is 1. The standard InChI is InChI=1S/C16H20F4N2.2ClH/c17-11-9-12(18)15(20)13(14(11)19)16(10-3-1-2-4-10)22-7-5-21-6-8-22;;/h9-10,16,21H,1-8H2;2*1H/t16-;;/m0../s1. The van der Waals surface area contributed by atoms with E-state index in [1.807, 2.05) is 4.90 Å². The summed E-state index contributed by atoms with van der Waals surface area (Å²) in [5.41, 5.74) is -0.425. The molecule has 1 saturated heterocycles. The normalized spacial score (nSPS) is 20.3. The van der Waals surface area contributed by atoms with E-state index in [9.17, 15) is 17.6 Å². The van der Waals surface area contributed by atoms with Crippen LogP contribution < -0.4 is 5.32 Å². The minimum absolute atomic E-state index is 0. The minimum Gasteiger partial charge on any atom is -0.314 e. The van der Waals surface area contributed by atoms with E-state index >= 15 is 0 Å².